The Balaban J connectivity index is 1.58. The van der Waals surface area contributed by atoms with Gasteiger partial charge < -0.3 is 0 Å². The summed E-state index contributed by atoms with van der Waals surface area (Å²) in [6, 6.07) is 50.0. The van der Waals surface area contributed by atoms with E-state index in [0.717, 1.165) is 6.42 Å². The van der Waals surface area contributed by atoms with Crippen LogP contribution in [0.15, 0.2) is 133 Å². The Bertz CT molecular complexity index is 2020. The van der Waals surface area contributed by atoms with E-state index < -0.39 is 0 Å². The summed E-state index contributed by atoms with van der Waals surface area (Å²) in [6.07, 6.45) is 0.930. The SMILES string of the molecule is Cc1cc2cc(c1)-c1cccc3c(-c4ccccc4-c4ccccc4)c4cccc(c4cc13)-c1cc(C)cc(c1)C2. The van der Waals surface area contributed by atoms with Crippen LogP contribution in [0.4, 0.5) is 0 Å². The molecule has 41 heavy (non-hydrogen) atoms. The largest absolute Gasteiger partial charge is 0.0622 e. The standard InChI is InChI=1S/C41H30/c1-26-18-28-22-29-19-27(2)21-32(24-29)35-15-9-17-38-40(35)25-39-34(31(20-26)23-28)14-8-16-37(39)41(38)36-13-7-6-12-33(36)30-10-4-3-5-11-30/h3-21,23-25H,22H2,1-2H3. The second-order valence-corrected chi connectivity index (χ2v) is 11.6. The van der Waals surface area contributed by atoms with Crippen molar-refractivity contribution in [2.45, 2.75) is 20.3 Å². The molecule has 0 saturated heterocycles. The number of rotatable bonds is 2. The monoisotopic (exact) mass is 522 g/mol. The van der Waals surface area contributed by atoms with Gasteiger partial charge >= 0.3 is 0 Å². The second kappa shape index (κ2) is 9.32. The fraction of sp³-hybridized carbons (Fsp3) is 0.0732. The van der Waals surface area contributed by atoms with E-state index in [4.69, 9.17) is 0 Å². The van der Waals surface area contributed by atoms with Gasteiger partial charge in [0.2, 0.25) is 0 Å². The smallest absolute Gasteiger partial charge is 0.00201 e. The quantitative estimate of drug-likeness (QED) is 0.198. The molecule has 0 heterocycles. The Morgan fingerprint density at radius 1 is 0.366 bits per heavy atom. The second-order valence-electron chi connectivity index (χ2n) is 11.6. The summed E-state index contributed by atoms with van der Waals surface area (Å²) in [5.74, 6) is 0. The van der Waals surface area contributed by atoms with E-state index in [1.54, 1.807) is 0 Å². The Morgan fingerprint density at radius 3 is 1.46 bits per heavy atom. The van der Waals surface area contributed by atoms with E-state index >= 15 is 0 Å². The minimum atomic E-state index is 0.930. The normalized spacial score (nSPS) is 12.0. The van der Waals surface area contributed by atoms with E-state index in [0.29, 0.717) is 0 Å². The van der Waals surface area contributed by atoms with Crippen molar-refractivity contribution in [3.63, 3.8) is 0 Å². The lowest BCUT2D eigenvalue weighted by Gasteiger charge is -2.20. The van der Waals surface area contributed by atoms with E-state index in [2.05, 4.69) is 147 Å². The maximum Gasteiger partial charge on any atom is -0.00201 e. The third-order valence-corrected chi connectivity index (χ3v) is 8.63. The van der Waals surface area contributed by atoms with Crippen LogP contribution in [0.2, 0.25) is 0 Å². The van der Waals surface area contributed by atoms with Gasteiger partial charge in [-0.1, -0.05) is 139 Å². The van der Waals surface area contributed by atoms with Crippen LogP contribution in [-0.2, 0) is 6.42 Å². The van der Waals surface area contributed by atoms with Gasteiger partial charge in [-0.25, -0.2) is 0 Å². The summed E-state index contributed by atoms with van der Waals surface area (Å²) in [5.41, 5.74) is 15.6. The van der Waals surface area contributed by atoms with Crippen molar-refractivity contribution in [1.29, 1.82) is 0 Å². The number of benzene rings is 7. The van der Waals surface area contributed by atoms with Crippen LogP contribution >= 0.6 is 0 Å². The summed E-state index contributed by atoms with van der Waals surface area (Å²) in [7, 11) is 0. The molecule has 0 heteroatoms. The molecule has 0 saturated carbocycles. The van der Waals surface area contributed by atoms with Gasteiger partial charge in [-0.05, 0) is 104 Å². The van der Waals surface area contributed by atoms with Crippen molar-refractivity contribution < 1.29 is 0 Å². The minimum Gasteiger partial charge on any atom is -0.0622 e. The first-order valence-corrected chi connectivity index (χ1v) is 14.5. The van der Waals surface area contributed by atoms with Crippen LogP contribution in [0.3, 0.4) is 0 Å². The lowest BCUT2D eigenvalue weighted by atomic mass is 9.83. The molecule has 0 nitrogen and oxygen atoms in total. The van der Waals surface area contributed by atoms with Crippen LogP contribution in [0.25, 0.3) is 66.1 Å². The van der Waals surface area contributed by atoms with Crippen LogP contribution < -0.4 is 0 Å². The van der Waals surface area contributed by atoms with Crippen molar-refractivity contribution >= 4 is 21.5 Å². The summed E-state index contributed by atoms with van der Waals surface area (Å²) >= 11 is 0. The van der Waals surface area contributed by atoms with Gasteiger partial charge in [0.15, 0.2) is 0 Å². The predicted molar refractivity (Wildman–Crippen MR) is 175 cm³/mol. The van der Waals surface area contributed by atoms with Crippen LogP contribution in [-0.4, -0.2) is 0 Å². The molecule has 0 spiro atoms. The first-order valence-electron chi connectivity index (χ1n) is 14.5. The van der Waals surface area contributed by atoms with Crippen molar-refractivity contribution in [1.82, 2.24) is 0 Å². The number of hydrogen-bond acceptors (Lipinski definition) is 0. The van der Waals surface area contributed by atoms with E-state index in [1.165, 1.54) is 88.3 Å². The van der Waals surface area contributed by atoms with E-state index in [9.17, 15) is 0 Å². The van der Waals surface area contributed by atoms with Gasteiger partial charge in [0, 0.05) is 0 Å². The molecule has 1 aliphatic rings. The molecule has 194 valence electrons. The fourth-order valence-electron chi connectivity index (χ4n) is 7.01. The summed E-state index contributed by atoms with van der Waals surface area (Å²) in [4.78, 5) is 0. The van der Waals surface area contributed by atoms with Crippen LogP contribution in [0, 0.1) is 13.8 Å². The number of aryl methyl sites for hydroxylation is 2. The highest BCUT2D eigenvalue weighted by molar-refractivity contribution is 6.20. The summed E-state index contributed by atoms with van der Waals surface area (Å²) in [5, 5.41) is 5.19. The van der Waals surface area contributed by atoms with Gasteiger partial charge in [0.25, 0.3) is 0 Å². The maximum atomic E-state index is 2.45. The molecular formula is C41H30. The maximum absolute atomic E-state index is 2.45. The zero-order valence-corrected chi connectivity index (χ0v) is 23.4. The van der Waals surface area contributed by atoms with E-state index in [1.807, 2.05) is 0 Å². The predicted octanol–water partition coefficient (Wildman–Crippen LogP) is 11.2. The van der Waals surface area contributed by atoms with Crippen LogP contribution in [0.5, 0.6) is 0 Å². The van der Waals surface area contributed by atoms with Crippen molar-refractivity contribution in [2.24, 2.45) is 0 Å². The zero-order chi connectivity index (χ0) is 27.5. The van der Waals surface area contributed by atoms with Crippen LogP contribution in [0.1, 0.15) is 22.3 Å². The highest BCUT2D eigenvalue weighted by Gasteiger charge is 2.19. The van der Waals surface area contributed by atoms with Gasteiger partial charge in [0.1, 0.15) is 0 Å². The van der Waals surface area contributed by atoms with Gasteiger partial charge in [-0.2, -0.15) is 0 Å². The Morgan fingerprint density at radius 2 is 0.878 bits per heavy atom. The lowest BCUT2D eigenvalue weighted by Crippen LogP contribution is -1.96. The summed E-state index contributed by atoms with van der Waals surface area (Å²) in [6.45, 7) is 4.45. The molecule has 0 fully saturated rings. The van der Waals surface area contributed by atoms with Crippen molar-refractivity contribution in [3.05, 3.63) is 156 Å². The molecule has 0 amide bonds. The van der Waals surface area contributed by atoms with Crippen molar-refractivity contribution in [2.75, 3.05) is 0 Å². The lowest BCUT2D eigenvalue weighted by molar-refractivity contribution is 1.17. The average molecular weight is 523 g/mol. The van der Waals surface area contributed by atoms with Crippen molar-refractivity contribution in [3.8, 4) is 44.5 Å². The molecule has 0 aliphatic heterocycles. The molecule has 0 unspecified atom stereocenters. The molecule has 6 bridgehead atoms. The third-order valence-electron chi connectivity index (χ3n) is 8.63. The van der Waals surface area contributed by atoms with Gasteiger partial charge in [-0.3, -0.25) is 0 Å². The van der Waals surface area contributed by atoms with Gasteiger partial charge in [-0.15, -0.1) is 0 Å². The highest BCUT2D eigenvalue weighted by Crippen LogP contribution is 2.46. The molecule has 0 atom stereocenters. The molecular weight excluding hydrogens is 492 g/mol. The van der Waals surface area contributed by atoms with Gasteiger partial charge in [0.05, 0.1) is 0 Å². The highest BCUT2D eigenvalue weighted by atomic mass is 14.2. The number of fused-ring (bicyclic) bond motifs is 6. The average Bonchev–Trinajstić information content (AvgIpc) is 2.99. The zero-order valence-electron chi connectivity index (χ0n) is 23.4. The molecule has 8 rings (SSSR count). The molecule has 7 aromatic carbocycles. The summed E-state index contributed by atoms with van der Waals surface area (Å²) < 4.78 is 0. The van der Waals surface area contributed by atoms with E-state index in [-0.39, 0.29) is 0 Å². The first kappa shape index (κ1) is 23.9. The Labute approximate surface area is 241 Å². The molecule has 0 N–H and O–H groups in total. The third kappa shape index (κ3) is 3.99. The number of hydrogen-bond donors (Lipinski definition) is 0. The minimum absolute atomic E-state index is 0.930. The molecule has 0 radical (unpaired) electrons. The fourth-order valence-corrected chi connectivity index (χ4v) is 7.01. The Hall–Kier alpha value is -4.94. The molecule has 0 aromatic heterocycles. The first-order chi connectivity index (χ1) is 20.1. The molecule has 7 aromatic rings. The topological polar surface area (TPSA) is 0 Å². The Kier molecular flexibility index (Phi) is 5.43. The molecule has 1 aliphatic carbocycles.